The van der Waals surface area contributed by atoms with Crippen LogP contribution in [0.4, 0.5) is 4.79 Å². The van der Waals surface area contributed by atoms with Crippen molar-refractivity contribution in [2.75, 3.05) is 6.54 Å². The SMILES string of the molecule is CC(CCNC(=O)NC(C(N)=O)C(C)C)CCC(=O)O. The second kappa shape index (κ2) is 9.17. The smallest absolute Gasteiger partial charge is 0.315 e. The van der Waals surface area contributed by atoms with Crippen LogP contribution in [0.3, 0.4) is 0 Å². The topological polar surface area (TPSA) is 122 Å². The van der Waals surface area contributed by atoms with Gasteiger partial charge in [0.25, 0.3) is 0 Å². The first-order chi connectivity index (χ1) is 9.23. The number of hydrogen-bond acceptors (Lipinski definition) is 3. The van der Waals surface area contributed by atoms with E-state index in [-0.39, 0.29) is 18.3 Å². The largest absolute Gasteiger partial charge is 0.481 e. The number of carboxylic acids is 1. The molecule has 7 nitrogen and oxygen atoms in total. The van der Waals surface area contributed by atoms with Crippen LogP contribution in [0.2, 0.25) is 0 Å². The highest BCUT2D eigenvalue weighted by Crippen LogP contribution is 2.09. The number of carbonyl (C=O) groups is 3. The van der Waals surface area contributed by atoms with Crippen molar-refractivity contribution >= 4 is 17.9 Å². The number of hydrogen-bond donors (Lipinski definition) is 4. The molecule has 0 radical (unpaired) electrons. The van der Waals surface area contributed by atoms with E-state index in [0.717, 1.165) is 0 Å². The van der Waals surface area contributed by atoms with Crippen molar-refractivity contribution in [2.24, 2.45) is 17.6 Å². The Balaban J connectivity index is 3.93. The lowest BCUT2D eigenvalue weighted by Crippen LogP contribution is -2.51. The van der Waals surface area contributed by atoms with Crippen LogP contribution in [0.1, 0.15) is 40.0 Å². The van der Waals surface area contributed by atoms with Crippen LogP contribution in [0.5, 0.6) is 0 Å². The summed E-state index contributed by atoms with van der Waals surface area (Å²) < 4.78 is 0. The second-order valence-electron chi connectivity index (χ2n) is 5.35. The first kappa shape index (κ1) is 18.2. The molecule has 0 rings (SSSR count). The van der Waals surface area contributed by atoms with Crippen LogP contribution in [0, 0.1) is 11.8 Å². The second-order valence-corrected chi connectivity index (χ2v) is 5.35. The number of urea groups is 1. The maximum atomic E-state index is 11.6. The van der Waals surface area contributed by atoms with Gasteiger partial charge >= 0.3 is 12.0 Å². The Hall–Kier alpha value is -1.79. The monoisotopic (exact) mass is 287 g/mol. The third-order valence-corrected chi connectivity index (χ3v) is 3.03. The summed E-state index contributed by atoms with van der Waals surface area (Å²) in [5.74, 6) is -1.25. The Bertz CT molecular complexity index is 345. The molecule has 0 bridgehead atoms. The molecule has 5 N–H and O–H groups in total. The van der Waals surface area contributed by atoms with Gasteiger partial charge in [0.1, 0.15) is 6.04 Å². The Kier molecular flexibility index (Phi) is 8.35. The van der Waals surface area contributed by atoms with Crippen molar-refractivity contribution in [3.63, 3.8) is 0 Å². The Morgan fingerprint density at radius 2 is 1.75 bits per heavy atom. The van der Waals surface area contributed by atoms with Crippen LogP contribution in [0.25, 0.3) is 0 Å². The zero-order valence-electron chi connectivity index (χ0n) is 12.3. The maximum absolute atomic E-state index is 11.6. The molecule has 0 saturated heterocycles. The van der Waals surface area contributed by atoms with E-state index < -0.39 is 23.9 Å². The number of nitrogens with one attached hydrogen (secondary N) is 2. The molecule has 0 aliphatic carbocycles. The average Bonchev–Trinajstić information content (AvgIpc) is 2.32. The fraction of sp³-hybridized carbons (Fsp3) is 0.769. The molecule has 3 amide bonds. The fourth-order valence-corrected chi connectivity index (χ4v) is 1.70. The first-order valence-corrected chi connectivity index (χ1v) is 6.79. The number of carbonyl (C=O) groups excluding carboxylic acids is 2. The van der Waals surface area contributed by atoms with E-state index in [0.29, 0.717) is 19.4 Å². The van der Waals surface area contributed by atoms with Gasteiger partial charge < -0.3 is 21.5 Å². The Morgan fingerprint density at radius 1 is 1.15 bits per heavy atom. The molecular weight excluding hydrogens is 262 g/mol. The molecule has 20 heavy (non-hydrogen) atoms. The lowest BCUT2D eigenvalue weighted by atomic mass is 10.0. The number of carboxylic acid groups (broad SMARTS) is 1. The van der Waals surface area contributed by atoms with Crippen molar-refractivity contribution in [1.82, 2.24) is 10.6 Å². The van der Waals surface area contributed by atoms with E-state index in [9.17, 15) is 14.4 Å². The van der Waals surface area contributed by atoms with Gasteiger partial charge in [-0.25, -0.2) is 4.79 Å². The molecule has 0 spiro atoms. The fourth-order valence-electron chi connectivity index (χ4n) is 1.70. The summed E-state index contributed by atoms with van der Waals surface area (Å²) >= 11 is 0. The molecule has 2 atom stereocenters. The molecule has 0 heterocycles. The standard InChI is InChI=1S/C13H25N3O4/c1-8(2)11(12(14)19)16-13(20)15-7-6-9(3)4-5-10(17)18/h8-9,11H,4-7H2,1-3H3,(H2,14,19)(H,17,18)(H2,15,16,20). The molecule has 0 aromatic heterocycles. The van der Waals surface area contributed by atoms with Gasteiger partial charge in [-0.05, 0) is 24.7 Å². The molecule has 0 aliphatic rings. The van der Waals surface area contributed by atoms with Crippen LogP contribution in [-0.2, 0) is 9.59 Å². The summed E-state index contributed by atoms with van der Waals surface area (Å²) in [7, 11) is 0. The number of nitrogens with two attached hydrogens (primary N) is 1. The quantitative estimate of drug-likeness (QED) is 0.498. The van der Waals surface area contributed by atoms with Gasteiger partial charge in [-0.3, -0.25) is 9.59 Å². The zero-order valence-corrected chi connectivity index (χ0v) is 12.3. The van der Waals surface area contributed by atoms with Gasteiger partial charge in [-0.1, -0.05) is 20.8 Å². The Morgan fingerprint density at radius 3 is 2.20 bits per heavy atom. The minimum absolute atomic E-state index is 0.0762. The van der Waals surface area contributed by atoms with Gasteiger partial charge in [0.05, 0.1) is 0 Å². The summed E-state index contributed by atoms with van der Waals surface area (Å²) in [6.07, 6.45) is 1.39. The highest BCUT2D eigenvalue weighted by Gasteiger charge is 2.21. The molecule has 2 unspecified atom stereocenters. The number of rotatable bonds is 9. The first-order valence-electron chi connectivity index (χ1n) is 6.79. The molecule has 0 saturated carbocycles. The van der Waals surface area contributed by atoms with E-state index in [1.54, 1.807) is 13.8 Å². The van der Waals surface area contributed by atoms with Crippen LogP contribution in [0.15, 0.2) is 0 Å². The van der Waals surface area contributed by atoms with Crippen LogP contribution >= 0.6 is 0 Å². The predicted molar refractivity (Wildman–Crippen MR) is 75.0 cm³/mol. The summed E-state index contributed by atoms with van der Waals surface area (Å²) in [5, 5.41) is 13.7. The van der Waals surface area contributed by atoms with Gasteiger partial charge in [0.2, 0.25) is 5.91 Å². The molecule has 0 aromatic rings. The zero-order chi connectivity index (χ0) is 15.7. The van der Waals surface area contributed by atoms with Crippen LogP contribution < -0.4 is 16.4 Å². The van der Waals surface area contributed by atoms with Crippen molar-refractivity contribution in [3.8, 4) is 0 Å². The van der Waals surface area contributed by atoms with E-state index in [4.69, 9.17) is 10.8 Å². The summed E-state index contributed by atoms with van der Waals surface area (Å²) in [6.45, 7) is 5.95. The predicted octanol–water partition coefficient (Wildman–Crippen LogP) is 0.687. The maximum Gasteiger partial charge on any atom is 0.315 e. The van der Waals surface area contributed by atoms with Crippen molar-refractivity contribution in [3.05, 3.63) is 0 Å². The molecule has 0 aliphatic heterocycles. The van der Waals surface area contributed by atoms with Crippen LogP contribution in [-0.4, -0.2) is 35.6 Å². The van der Waals surface area contributed by atoms with E-state index in [1.807, 2.05) is 6.92 Å². The lowest BCUT2D eigenvalue weighted by Gasteiger charge is -2.19. The van der Waals surface area contributed by atoms with E-state index >= 15 is 0 Å². The summed E-state index contributed by atoms with van der Waals surface area (Å²) in [4.78, 5) is 33.1. The number of primary amides is 1. The summed E-state index contributed by atoms with van der Waals surface area (Å²) in [5.41, 5.74) is 5.19. The average molecular weight is 287 g/mol. The van der Waals surface area contributed by atoms with Crippen molar-refractivity contribution < 1.29 is 19.5 Å². The highest BCUT2D eigenvalue weighted by atomic mass is 16.4. The molecule has 116 valence electrons. The van der Waals surface area contributed by atoms with Crippen molar-refractivity contribution in [1.29, 1.82) is 0 Å². The minimum atomic E-state index is -0.816. The molecular formula is C13H25N3O4. The Labute approximate surface area is 119 Å². The number of aliphatic carboxylic acids is 1. The van der Waals surface area contributed by atoms with Gasteiger partial charge in [0, 0.05) is 13.0 Å². The molecule has 0 fully saturated rings. The van der Waals surface area contributed by atoms with Crippen molar-refractivity contribution in [2.45, 2.75) is 46.1 Å². The van der Waals surface area contributed by atoms with Gasteiger partial charge in [-0.2, -0.15) is 0 Å². The lowest BCUT2D eigenvalue weighted by molar-refractivity contribution is -0.137. The molecule has 0 aromatic carbocycles. The van der Waals surface area contributed by atoms with E-state index in [1.165, 1.54) is 0 Å². The van der Waals surface area contributed by atoms with Gasteiger partial charge in [0.15, 0.2) is 0 Å². The third kappa shape index (κ3) is 8.34. The van der Waals surface area contributed by atoms with Gasteiger partial charge in [-0.15, -0.1) is 0 Å². The number of amides is 3. The normalized spacial score (nSPS) is 13.6. The highest BCUT2D eigenvalue weighted by molar-refractivity contribution is 5.86. The summed E-state index contributed by atoms with van der Waals surface area (Å²) in [6, 6.07) is -1.13. The van der Waals surface area contributed by atoms with E-state index in [2.05, 4.69) is 10.6 Å². The third-order valence-electron chi connectivity index (χ3n) is 3.03. The molecule has 7 heteroatoms. The minimum Gasteiger partial charge on any atom is -0.481 e.